The molecule has 0 radical (unpaired) electrons. The third kappa shape index (κ3) is 9.38. The fourth-order valence-corrected chi connectivity index (χ4v) is 11.3. The molecule has 0 spiro atoms. The number of hydrazine groups is 1. The van der Waals surface area contributed by atoms with Gasteiger partial charge in [0.25, 0.3) is 0 Å². The molecule has 0 aliphatic carbocycles. The summed E-state index contributed by atoms with van der Waals surface area (Å²) in [6, 6.07) is 0. The maximum absolute atomic E-state index is 12.8. The van der Waals surface area contributed by atoms with Gasteiger partial charge in [0.15, 0.2) is 0 Å². The quantitative estimate of drug-likeness (QED) is 0.0291. The van der Waals surface area contributed by atoms with Gasteiger partial charge in [0.05, 0.1) is 0 Å². The average molecular weight is 854 g/mol. The number of imidazole rings is 1. The van der Waals surface area contributed by atoms with E-state index >= 15 is 0 Å². The van der Waals surface area contributed by atoms with Gasteiger partial charge in [-0.1, -0.05) is 0 Å². The molecule has 3 aromatic heterocycles. The van der Waals surface area contributed by atoms with Crippen LogP contribution in [0.1, 0.15) is 6.23 Å². The van der Waals surface area contributed by atoms with E-state index < -0.39 is 96.2 Å². The Balaban J connectivity index is 1.18. The van der Waals surface area contributed by atoms with Crippen molar-refractivity contribution in [3.8, 4) is 0 Å². The number of hydrogen-bond acceptors (Lipinski definition) is 24. The number of H-pyrrole nitrogens is 2. The number of phosphoric acid groups is 2. The van der Waals surface area contributed by atoms with Crippen LogP contribution in [-0.2, 0) is 45.7 Å². The second-order valence-corrected chi connectivity index (χ2v) is 18.1. The average Bonchev–Trinajstić information content (AvgIpc) is 3.70. The van der Waals surface area contributed by atoms with Crippen molar-refractivity contribution >= 4 is 69.6 Å². The number of nitrogens with zero attached hydrogens (tertiary/aromatic N) is 5. The van der Waals surface area contributed by atoms with Gasteiger partial charge in [0, 0.05) is 0 Å². The van der Waals surface area contributed by atoms with Crippen molar-refractivity contribution in [1.29, 1.82) is 0 Å². The molecule has 5 rings (SSSR count). The summed E-state index contributed by atoms with van der Waals surface area (Å²) in [5.41, 5.74) is 9.45. The Morgan fingerprint density at radius 3 is 2.15 bits per heavy atom. The van der Waals surface area contributed by atoms with E-state index in [2.05, 4.69) is 51.1 Å². The maximum atomic E-state index is 12.8. The number of aromatic nitrogens is 6. The van der Waals surface area contributed by atoms with Gasteiger partial charge < -0.3 is 0 Å². The number of thiol groups is 1. The molecule has 10 atom stereocenters. The third-order valence-electron chi connectivity index (χ3n) is 7.73. The molecule has 2 aliphatic heterocycles. The number of nitrogens with one attached hydrogen (secondary N) is 3. The number of methoxy groups -OCH3 is 2. The van der Waals surface area contributed by atoms with Crippen LogP contribution >= 0.6 is 35.0 Å². The van der Waals surface area contributed by atoms with Gasteiger partial charge in [-0.3, -0.25) is 0 Å². The first kappa shape index (κ1) is 42.3. The Bertz CT molecular complexity index is 2040. The third-order valence-corrected chi connectivity index (χ3v) is 13.9. The summed E-state index contributed by atoms with van der Waals surface area (Å²) >= 11 is 3.60. The van der Waals surface area contributed by atoms with Gasteiger partial charge in [-0.15, -0.1) is 0 Å². The Hall–Kier alpha value is -2.89. The normalized spacial score (nSPS) is 28.6. The molecule has 54 heavy (non-hydrogen) atoms. The summed E-state index contributed by atoms with van der Waals surface area (Å²) in [5.74, 6) is 5.11. The zero-order chi connectivity index (χ0) is 39.9. The number of nitrogen functional groups attached to an aromatic ring is 2. The van der Waals surface area contributed by atoms with Crippen molar-refractivity contribution in [2.75, 3.05) is 56.3 Å². The van der Waals surface area contributed by atoms with Crippen molar-refractivity contribution in [3.05, 3.63) is 27.0 Å². The molecule has 2 fully saturated rings. The molecule has 32 heteroatoms. The molecule has 14 N–H and O–H groups in total. The van der Waals surface area contributed by atoms with E-state index in [-0.39, 0.29) is 34.6 Å². The van der Waals surface area contributed by atoms with E-state index in [0.717, 1.165) is 15.9 Å². The number of nitrogens with two attached hydrogens (primary N) is 3. The van der Waals surface area contributed by atoms with Crippen molar-refractivity contribution in [2.45, 2.75) is 49.1 Å². The summed E-state index contributed by atoms with van der Waals surface area (Å²) in [5, 5.41) is 24.9. The number of aliphatic hydroxyl groups excluding tert-OH is 2. The van der Waals surface area contributed by atoms with Crippen LogP contribution in [0.4, 0.5) is 23.4 Å². The predicted molar refractivity (Wildman–Crippen MR) is 187 cm³/mol. The van der Waals surface area contributed by atoms with E-state index in [9.17, 15) is 43.6 Å². The number of ether oxygens (including phenoxy) is 4. The van der Waals surface area contributed by atoms with Crippen molar-refractivity contribution in [2.24, 2.45) is 5.84 Å². The van der Waals surface area contributed by atoms with Crippen LogP contribution in [0.3, 0.4) is 0 Å². The first-order valence-corrected chi connectivity index (χ1v) is 21.1. The number of anilines is 4. The van der Waals surface area contributed by atoms with Crippen molar-refractivity contribution in [3.63, 3.8) is 0 Å². The molecule has 0 amide bonds. The molecule has 2 aliphatic rings. The van der Waals surface area contributed by atoms with Gasteiger partial charge >= 0.3 is 308 Å². The topological polar surface area (TPSA) is 412 Å². The van der Waals surface area contributed by atoms with E-state index in [1.165, 1.54) is 21.3 Å². The molecule has 5 heterocycles. The van der Waals surface area contributed by atoms with Gasteiger partial charge in [-0.25, -0.2) is 0 Å². The van der Waals surface area contributed by atoms with E-state index in [0.29, 0.717) is 0 Å². The summed E-state index contributed by atoms with van der Waals surface area (Å²) in [4.78, 5) is 71.9. The molecule has 304 valence electrons. The van der Waals surface area contributed by atoms with Gasteiger partial charge in [0.1, 0.15) is 0 Å². The standard InChI is InChI=1S/C22H38N11O17P3S/c1-32(25)10-15(28-21(23)31-18(10)37)27-19-14(44-3)13(43-2)8(47-19)5-46-52(40,41)50-53(42,54)49-51(38,39)45-4-7-11(34)12(35)20(48-7)33-6-26-9-16(33)29-22(24)30-17(9)36/h6-8,11-14,19-20,34-35,42,53-54H,4-5,25H2,1-3H3,(H,38,39)(H,40,41)(H3,24,29,30,36)(H4,23,27,28,31,37). The molecule has 28 nitrogen and oxygen atoms in total. The number of hydrogen-bond donors (Lipinski definition) is 12. The van der Waals surface area contributed by atoms with Gasteiger partial charge in [-0.2, -0.15) is 0 Å². The molecule has 0 aromatic carbocycles. The predicted octanol–water partition coefficient (Wildman–Crippen LogP) is -3.24. The summed E-state index contributed by atoms with van der Waals surface area (Å²) in [6.45, 7) is -1.75. The minimum atomic E-state index is -5.42. The zero-order valence-electron chi connectivity index (χ0n) is 28.1. The summed E-state index contributed by atoms with van der Waals surface area (Å²) < 4.78 is 67.7. The Morgan fingerprint density at radius 2 is 1.56 bits per heavy atom. The van der Waals surface area contributed by atoms with Crippen molar-refractivity contribution in [1.82, 2.24) is 29.5 Å². The second kappa shape index (κ2) is 16.3. The Kier molecular flexibility index (Phi) is 12.8. The Labute approximate surface area is 307 Å². The van der Waals surface area contributed by atoms with Crippen LogP contribution in [-0.4, -0.2) is 132 Å². The number of aromatic amines is 2. The molecule has 0 saturated carbocycles. The van der Waals surface area contributed by atoms with Crippen LogP contribution in [0, 0.1) is 0 Å². The minimum absolute atomic E-state index is 0.113. The number of phosphoric ester groups is 2. The van der Waals surface area contributed by atoms with Gasteiger partial charge in [0.2, 0.25) is 0 Å². The fraction of sp³-hybridized carbons (Fsp3) is 0.591. The SMILES string of the molecule is COC1C(COP(=O)(O)O[PH](O)(S)OP(=O)(O)OCC2OC(n3cnc4c(=O)[nH]c(N)nc43)C(O)C2O)OC(Nc2nc(N)[nH]c(=O)c2N(C)N)C1OC. The number of fused-ring (bicyclic) bond motifs is 1. The monoisotopic (exact) mass is 853 g/mol. The molecular weight excluding hydrogens is 815 g/mol. The van der Waals surface area contributed by atoms with Crippen molar-refractivity contribution < 1.29 is 70.6 Å². The van der Waals surface area contributed by atoms with Crippen LogP contribution in [0.2, 0.25) is 0 Å². The van der Waals surface area contributed by atoms with Crippen LogP contribution in [0.15, 0.2) is 15.9 Å². The number of aliphatic hydroxyl groups is 2. The van der Waals surface area contributed by atoms with Crippen LogP contribution in [0.25, 0.3) is 11.2 Å². The molecule has 2 saturated heterocycles. The van der Waals surface area contributed by atoms with Crippen LogP contribution in [0.5, 0.6) is 0 Å². The first-order chi connectivity index (χ1) is 25.2. The number of rotatable bonds is 16. The van der Waals surface area contributed by atoms with Crippen LogP contribution < -0.4 is 38.8 Å². The van der Waals surface area contributed by atoms with E-state index in [1.807, 2.05) is 0 Å². The summed E-state index contributed by atoms with van der Waals surface area (Å²) in [7, 11) is -12.2. The second-order valence-electron chi connectivity index (χ2n) is 11.5. The Morgan fingerprint density at radius 1 is 0.981 bits per heavy atom. The van der Waals surface area contributed by atoms with Gasteiger partial charge in [-0.05, 0) is 0 Å². The summed E-state index contributed by atoms with van der Waals surface area (Å²) in [6.07, 6.45) is -9.65. The zero-order valence-corrected chi connectivity index (χ0v) is 31.7. The van der Waals surface area contributed by atoms with E-state index in [4.69, 9.17) is 45.3 Å². The van der Waals surface area contributed by atoms with E-state index in [1.54, 1.807) is 0 Å². The molecule has 3 aromatic rings. The molecule has 0 bridgehead atoms. The molecule has 10 unspecified atom stereocenters. The first-order valence-electron chi connectivity index (χ1n) is 15.1. The molecular formula is C22H38N11O17P3S. The fourth-order valence-electron chi connectivity index (χ4n) is 5.50.